The van der Waals surface area contributed by atoms with Gasteiger partial charge in [0.05, 0.1) is 11.2 Å². The maximum absolute atomic E-state index is 12.6. The van der Waals surface area contributed by atoms with E-state index in [1.165, 1.54) is 6.42 Å². The lowest BCUT2D eigenvalue weighted by atomic mass is 9.21. The van der Waals surface area contributed by atoms with Crippen LogP contribution in [0.5, 0.6) is 11.5 Å². The van der Waals surface area contributed by atoms with E-state index in [-0.39, 0.29) is 34.5 Å². The van der Waals surface area contributed by atoms with Crippen LogP contribution >= 0.6 is 0 Å². The van der Waals surface area contributed by atoms with Gasteiger partial charge in [0, 0.05) is 24.8 Å². The highest BCUT2D eigenvalue weighted by atomic mass is 19.1. The highest BCUT2D eigenvalue weighted by molar-refractivity contribution is 6.52. The summed E-state index contributed by atoms with van der Waals surface area (Å²) in [6.07, 6.45) is 4.15. The molecule has 31 heavy (non-hydrogen) atoms. The largest absolute Gasteiger partial charge is 0.490 e. The average molecular weight is 428 g/mol. The molecule has 4 unspecified atom stereocenters. The van der Waals surface area contributed by atoms with E-state index in [2.05, 4.69) is 13.8 Å². The van der Waals surface area contributed by atoms with Crippen molar-refractivity contribution in [1.29, 1.82) is 0 Å². The van der Waals surface area contributed by atoms with Crippen LogP contribution in [0.3, 0.4) is 0 Å². The summed E-state index contributed by atoms with van der Waals surface area (Å²) in [5, 5.41) is 0. The van der Waals surface area contributed by atoms with Gasteiger partial charge in [0.15, 0.2) is 0 Å². The summed E-state index contributed by atoms with van der Waals surface area (Å²) >= 11 is 0. The first-order valence-corrected chi connectivity index (χ1v) is 11.0. The predicted octanol–water partition coefficient (Wildman–Crippen LogP) is 3.96. The topological polar surface area (TPSA) is 63.2 Å². The lowest BCUT2D eigenvalue weighted by Crippen LogP contribution is -2.92. The number of fused-ring (bicyclic) bond motifs is 2. The van der Waals surface area contributed by atoms with Crippen molar-refractivity contribution in [1.82, 2.24) is 0 Å². The fraction of sp³-hybridized carbons (Fsp3) is 0.609. The Balaban J connectivity index is 1.30. The van der Waals surface area contributed by atoms with Crippen molar-refractivity contribution in [3.05, 3.63) is 29.2 Å². The number of alkyl halides is 1. The van der Waals surface area contributed by atoms with Gasteiger partial charge in [0.2, 0.25) is 5.79 Å². The van der Waals surface area contributed by atoms with Crippen LogP contribution in [0.4, 0.5) is 4.39 Å². The lowest BCUT2D eigenvalue weighted by molar-refractivity contribution is -0.429. The van der Waals surface area contributed by atoms with Crippen molar-refractivity contribution in [3.8, 4) is 11.5 Å². The Hall–Kier alpha value is -2.06. The molecule has 3 saturated carbocycles. The van der Waals surface area contributed by atoms with E-state index < -0.39 is 25.5 Å². The van der Waals surface area contributed by atoms with Gasteiger partial charge in [-0.3, -0.25) is 0 Å². The molecule has 8 heteroatoms. The zero-order valence-corrected chi connectivity index (χ0v) is 18.2. The number of hydrogen-bond acceptors (Lipinski definition) is 6. The van der Waals surface area contributed by atoms with Gasteiger partial charge in [0.25, 0.3) is 0 Å². The molecule has 2 heterocycles. The van der Waals surface area contributed by atoms with Crippen LogP contribution in [-0.4, -0.2) is 43.4 Å². The number of cyclic esters (lactones) is 1. The summed E-state index contributed by atoms with van der Waals surface area (Å²) in [5.41, 5.74) is 0.713. The van der Waals surface area contributed by atoms with Crippen LogP contribution in [0.25, 0.3) is 6.08 Å². The fourth-order valence-electron chi connectivity index (χ4n) is 7.00. The van der Waals surface area contributed by atoms with Crippen molar-refractivity contribution in [2.75, 3.05) is 13.3 Å². The van der Waals surface area contributed by atoms with E-state index in [4.69, 9.17) is 23.5 Å². The fourth-order valence-corrected chi connectivity index (χ4v) is 7.00. The zero-order valence-electron chi connectivity index (χ0n) is 18.2. The van der Waals surface area contributed by atoms with Gasteiger partial charge < -0.3 is 23.5 Å². The van der Waals surface area contributed by atoms with Crippen LogP contribution < -0.4 is 9.47 Å². The van der Waals surface area contributed by atoms with E-state index in [1.54, 1.807) is 26.0 Å². The lowest BCUT2D eigenvalue weighted by Gasteiger charge is -2.87. The van der Waals surface area contributed by atoms with Crippen molar-refractivity contribution in [3.63, 3.8) is 0 Å². The summed E-state index contributed by atoms with van der Waals surface area (Å²) < 4.78 is 42.2. The molecule has 0 amide bonds. The molecule has 4 fully saturated rings. The van der Waals surface area contributed by atoms with Crippen LogP contribution in [0.1, 0.15) is 56.5 Å². The Bertz CT molecular complexity index is 1030. The van der Waals surface area contributed by atoms with Crippen LogP contribution in [0.15, 0.2) is 18.1 Å². The van der Waals surface area contributed by atoms with E-state index in [0.717, 1.165) is 12.3 Å². The number of carbonyl (C=O) groups excluding carboxylic acids is 1. The van der Waals surface area contributed by atoms with E-state index in [1.807, 2.05) is 12.1 Å². The van der Waals surface area contributed by atoms with Gasteiger partial charge in [-0.05, 0) is 43.7 Å². The standard InChI is InChI=1S/C23H26BFO6/c1-20(2)28-18-13(5-6-15(27-10-9-25)17(18)19(26)29-20)7-8-24-30-22(4)16-11-14-12-23(22,31-24)21(14,16)3/h5-8,14,16H,9-12H2,1-4H3/b8-7-/t14?,16?,21?,22-,23?/m0/s1. The van der Waals surface area contributed by atoms with Crippen molar-refractivity contribution in [2.45, 2.75) is 57.5 Å². The van der Waals surface area contributed by atoms with Crippen LogP contribution in [0, 0.1) is 17.3 Å². The maximum atomic E-state index is 12.6. The molecule has 5 atom stereocenters. The molecule has 6 rings (SSSR count). The maximum Gasteiger partial charge on any atom is 0.487 e. The monoisotopic (exact) mass is 428 g/mol. The predicted molar refractivity (Wildman–Crippen MR) is 110 cm³/mol. The smallest absolute Gasteiger partial charge is 0.487 e. The second-order valence-electron chi connectivity index (χ2n) is 10.2. The second kappa shape index (κ2) is 5.84. The van der Waals surface area contributed by atoms with Crippen LogP contribution in [0.2, 0.25) is 0 Å². The molecular weight excluding hydrogens is 402 g/mol. The molecular formula is C23H26BFO6. The molecule has 1 aromatic rings. The van der Waals surface area contributed by atoms with Crippen molar-refractivity contribution in [2.24, 2.45) is 17.3 Å². The SMILES string of the molecule is CC1(C)OC(=O)c2c(OCCF)ccc(/C=C\B3OC45CC6CC(C64C)[C@]5(C)O3)c2O1. The molecule has 1 spiro atoms. The Morgan fingerprint density at radius 1 is 1.23 bits per heavy atom. The molecule has 5 aliphatic rings. The Morgan fingerprint density at radius 2 is 2.03 bits per heavy atom. The quantitative estimate of drug-likeness (QED) is 0.523. The third kappa shape index (κ3) is 2.18. The Morgan fingerprint density at radius 3 is 2.71 bits per heavy atom. The minimum atomic E-state index is -1.12. The van der Waals surface area contributed by atoms with E-state index >= 15 is 0 Å². The van der Waals surface area contributed by atoms with Crippen molar-refractivity contribution < 1.29 is 32.7 Å². The number of hydrogen-bond donors (Lipinski definition) is 0. The van der Waals surface area contributed by atoms with Gasteiger partial charge in [-0.25, -0.2) is 9.18 Å². The number of carbonyl (C=O) groups is 1. The number of ether oxygens (including phenoxy) is 3. The Labute approximate surface area is 181 Å². The molecule has 2 aliphatic heterocycles. The van der Waals surface area contributed by atoms with Gasteiger partial charge in [0.1, 0.15) is 30.3 Å². The Kier molecular flexibility index (Phi) is 3.70. The van der Waals surface area contributed by atoms with Gasteiger partial charge >= 0.3 is 13.1 Å². The highest BCUT2D eigenvalue weighted by Gasteiger charge is 2.93. The third-order valence-electron chi connectivity index (χ3n) is 8.45. The molecule has 0 bridgehead atoms. The molecule has 3 aliphatic carbocycles. The van der Waals surface area contributed by atoms with E-state index in [9.17, 15) is 9.18 Å². The third-order valence-corrected chi connectivity index (χ3v) is 8.45. The second-order valence-corrected chi connectivity index (χ2v) is 10.2. The zero-order chi connectivity index (χ0) is 21.8. The first kappa shape index (κ1) is 19.6. The molecule has 0 N–H and O–H groups in total. The molecule has 1 saturated heterocycles. The molecule has 0 aromatic heterocycles. The summed E-state index contributed by atoms with van der Waals surface area (Å²) in [6, 6.07) is 3.42. The number of esters is 1. The minimum Gasteiger partial charge on any atom is -0.490 e. The van der Waals surface area contributed by atoms with Crippen LogP contribution in [-0.2, 0) is 14.0 Å². The molecule has 164 valence electrons. The molecule has 6 nitrogen and oxygen atoms in total. The average Bonchev–Trinajstić information content (AvgIpc) is 3.02. The summed E-state index contributed by atoms with van der Waals surface area (Å²) in [4.78, 5) is 12.6. The normalized spacial score (nSPS) is 40.5. The number of benzene rings is 1. The summed E-state index contributed by atoms with van der Waals surface area (Å²) in [7, 11) is -0.449. The minimum absolute atomic E-state index is 0.149. The first-order valence-electron chi connectivity index (χ1n) is 11.0. The van der Waals surface area contributed by atoms with Gasteiger partial charge in [-0.2, -0.15) is 0 Å². The van der Waals surface area contributed by atoms with Gasteiger partial charge in [-0.15, -0.1) is 0 Å². The van der Waals surface area contributed by atoms with Gasteiger partial charge in [-0.1, -0.05) is 19.0 Å². The summed E-state index contributed by atoms with van der Waals surface area (Å²) in [5.74, 6) is 2.13. The summed E-state index contributed by atoms with van der Waals surface area (Å²) in [6.45, 7) is 7.05. The molecule has 0 radical (unpaired) electrons. The van der Waals surface area contributed by atoms with E-state index in [0.29, 0.717) is 17.2 Å². The molecule has 1 aromatic carbocycles. The highest BCUT2D eigenvalue weighted by Crippen LogP contribution is 2.87. The van der Waals surface area contributed by atoms with Crippen molar-refractivity contribution >= 4 is 19.2 Å². The first-order chi connectivity index (χ1) is 14.7. The number of halogens is 1. The number of rotatable bonds is 5.